The van der Waals surface area contributed by atoms with E-state index in [2.05, 4.69) is 10.3 Å². The van der Waals surface area contributed by atoms with E-state index in [4.69, 9.17) is 15.2 Å². The van der Waals surface area contributed by atoms with Gasteiger partial charge in [0, 0.05) is 11.1 Å². The Bertz CT molecular complexity index is 1160. The van der Waals surface area contributed by atoms with Gasteiger partial charge in [-0.25, -0.2) is 9.78 Å². The minimum atomic E-state index is -0.750. The summed E-state index contributed by atoms with van der Waals surface area (Å²) in [5, 5.41) is 3.07. The van der Waals surface area contributed by atoms with Crippen LogP contribution in [-0.4, -0.2) is 29.4 Å². The summed E-state index contributed by atoms with van der Waals surface area (Å²) in [6.07, 6.45) is 5.13. The van der Waals surface area contributed by atoms with Gasteiger partial charge in [0.1, 0.15) is 16.3 Å². The number of nitrogens with two attached hydrogens (primary N) is 1. The maximum atomic E-state index is 12.6. The van der Waals surface area contributed by atoms with Gasteiger partial charge in [-0.2, -0.15) is 0 Å². The van der Waals surface area contributed by atoms with E-state index in [-0.39, 0.29) is 11.4 Å². The first-order chi connectivity index (χ1) is 15.5. The number of carbonyl (C=O) groups is 3. The van der Waals surface area contributed by atoms with Crippen LogP contribution in [-0.2, 0) is 22.4 Å². The van der Waals surface area contributed by atoms with E-state index in [0.717, 1.165) is 36.1 Å². The van der Waals surface area contributed by atoms with Crippen LogP contribution in [0.15, 0.2) is 48.7 Å². The maximum absolute atomic E-state index is 12.6. The lowest BCUT2D eigenvalue weighted by Gasteiger charge is -2.11. The van der Waals surface area contributed by atoms with E-state index in [1.54, 1.807) is 30.3 Å². The average Bonchev–Trinajstić information content (AvgIpc) is 3.16. The minimum absolute atomic E-state index is 0.0751. The second-order valence-electron chi connectivity index (χ2n) is 7.17. The highest BCUT2D eigenvalue weighted by Gasteiger charge is 2.25. The number of nitrogens with zero attached hydrogens (tertiary/aromatic N) is 1. The predicted octanol–water partition coefficient (Wildman–Crippen LogP) is 3.71. The number of aromatic nitrogens is 1. The number of para-hydroxylation sites is 1. The first kappa shape index (κ1) is 21.5. The van der Waals surface area contributed by atoms with E-state index < -0.39 is 24.4 Å². The number of esters is 1. The molecule has 0 atom stereocenters. The minimum Gasteiger partial charge on any atom is -0.452 e. The number of carbonyl (C=O) groups excluding carboxylic acids is 3. The number of amides is 2. The van der Waals surface area contributed by atoms with Gasteiger partial charge in [-0.3, -0.25) is 9.59 Å². The summed E-state index contributed by atoms with van der Waals surface area (Å²) in [5.41, 5.74) is 6.91. The van der Waals surface area contributed by atoms with Gasteiger partial charge < -0.3 is 20.5 Å². The third-order valence-corrected chi connectivity index (χ3v) is 6.16. The van der Waals surface area contributed by atoms with Crippen molar-refractivity contribution in [2.75, 3.05) is 11.9 Å². The highest BCUT2D eigenvalue weighted by molar-refractivity contribution is 7.17. The van der Waals surface area contributed by atoms with Gasteiger partial charge in [0.05, 0.1) is 5.56 Å². The fourth-order valence-corrected chi connectivity index (χ4v) is 4.82. The number of hydrogen-bond acceptors (Lipinski definition) is 7. The lowest BCUT2D eigenvalue weighted by Crippen LogP contribution is -2.23. The molecule has 0 spiro atoms. The van der Waals surface area contributed by atoms with Crippen molar-refractivity contribution >= 4 is 34.1 Å². The molecule has 0 saturated heterocycles. The van der Waals surface area contributed by atoms with Crippen LogP contribution in [0.4, 0.5) is 5.00 Å². The van der Waals surface area contributed by atoms with E-state index in [0.29, 0.717) is 16.3 Å². The number of primary amides is 1. The van der Waals surface area contributed by atoms with Crippen molar-refractivity contribution in [2.24, 2.45) is 5.73 Å². The van der Waals surface area contributed by atoms with Gasteiger partial charge >= 0.3 is 5.97 Å². The van der Waals surface area contributed by atoms with Crippen LogP contribution in [0.2, 0.25) is 0 Å². The largest absolute Gasteiger partial charge is 0.452 e. The Morgan fingerprint density at radius 1 is 1.06 bits per heavy atom. The molecule has 2 amide bonds. The number of aryl methyl sites for hydroxylation is 1. The quantitative estimate of drug-likeness (QED) is 0.528. The van der Waals surface area contributed by atoms with Crippen LogP contribution in [0.1, 0.15) is 44.0 Å². The molecule has 4 rings (SSSR count). The van der Waals surface area contributed by atoms with E-state index in [1.165, 1.54) is 23.6 Å². The fraction of sp³-hybridized carbons (Fsp3) is 0.217. The molecule has 1 aliphatic rings. The van der Waals surface area contributed by atoms with Crippen molar-refractivity contribution in [3.8, 4) is 11.6 Å². The zero-order valence-corrected chi connectivity index (χ0v) is 17.9. The second kappa shape index (κ2) is 9.61. The van der Waals surface area contributed by atoms with Crippen molar-refractivity contribution in [2.45, 2.75) is 25.7 Å². The first-order valence-corrected chi connectivity index (χ1v) is 10.9. The van der Waals surface area contributed by atoms with Gasteiger partial charge in [-0.15, -0.1) is 11.3 Å². The fourth-order valence-electron chi connectivity index (χ4n) is 3.51. The number of ether oxygens (including phenoxy) is 2. The number of benzene rings is 1. The molecule has 1 aromatic carbocycles. The molecule has 0 aliphatic heterocycles. The molecule has 164 valence electrons. The molecule has 9 heteroatoms. The number of anilines is 1. The maximum Gasteiger partial charge on any atom is 0.344 e. The molecular weight excluding hydrogens is 430 g/mol. The molecule has 8 nitrogen and oxygen atoms in total. The Hall–Kier alpha value is -3.72. The lowest BCUT2D eigenvalue weighted by molar-refractivity contribution is -0.119. The van der Waals surface area contributed by atoms with Crippen LogP contribution in [0.25, 0.3) is 0 Å². The van der Waals surface area contributed by atoms with E-state index in [1.807, 2.05) is 6.07 Å². The van der Waals surface area contributed by atoms with Crippen LogP contribution in [0, 0.1) is 0 Å². The normalized spacial score (nSPS) is 12.5. The lowest BCUT2D eigenvalue weighted by atomic mass is 9.95. The van der Waals surface area contributed by atoms with Crippen LogP contribution in [0.3, 0.4) is 0 Å². The summed E-state index contributed by atoms with van der Waals surface area (Å²) in [7, 11) is 0. The van der Waals surface area contributed by atoms with E-state index in [9.17, 15) is 14.4 Å². The monoisotopic (exact) mass is 451 g/mol. The number of hydrogen-bond donors (Lipinski definition) is 2. The van der Waals surface area contributed by atoms with Crippen LogP contribution >= 0.6 is 11.3 Å². The molecule has 0 saturated carbocycles. The molecule has 2 aromatic heterocycles. The SMILES string of the molecule is NC(=O)c1c(NC(=O)COC(=O)c2cccnc2Oc2ccccc2)sc2c1CCCC2. The molecule has 0 fully saturated rings. The van der Waals surface area contributed by atoms with Gasteiger partial charge in [-0.05, 0) is 55.5 Å². The Balaban J connectivity index is 1.42. The van der Waals surface area contributed by atoms with Crippen molar-refractivity contribution in [3.63, 3.8) is 0 Å². The summed E-state index contributed by atoms with van der Waals surface area (Å²) in [6.45, 7) is -0.528. The summed E-state index contributed by atoms with van der Waals surface area (Å²) in [5.74, 6) is -1.30. The van der Waals surface area contributed by atoms with E-state index >= 15 is 0 Å². The Morgan fingerprint density at radius 2 is 1.84 bits per heavy atom. The summed E-state index contributed by atoms with van der Waals surface area (Å²) >= 11 is 1.35. The van der Waals surface area contributed by atoms with Crippen molar-refractivity contribution in [3.05, 3.63) is 70.2 Å². The number of pyridine rings is 1. The molecule has 3 aromatic rings. The second-order valence-corrected chi connectivity index (χ2v) is 8.28. The molecule has 2 heterocycles. The van der Waals surface area contributed by atoms with Crippen LogP contribution in [0.5, 0.6) is 11.6 Å². The first-order valence-electron chi connectivity index (χ1n) is 10.1. The molecule has 0 unspecified atom stereocenters. The highest BCUT2D eigenvalue weighted by atomic mass is 32.1. The molecule has 0 bridgehead atoms. The van der Waals surface area contributed by atoms with Crippen molar-refractivity contribution in [1.29, 1.82) is 0 Å². The number of thiophene rings is 1. The number of fused-ring (bicyclic) bond motifs is 1. The van der Waals surface area contributed by atoms with Crippen LogP contribution < -0.4 is 15.8 Å². The molecule has 1 aliphatic carbocycles. The third kappa shape index (κ3) is 4.78. The molecular formula is C23H21N3O5S. The highest BCUT2D eigenvalue weighted by Crippen LogP contribution is 2.37. The zero-order chi connectivity index (χ0) is 22.5. The summed E-state index contributed by atoms with van der Waals surface area (Å²) in [4.78, 5) is 42.1. The Kier molecular flexibility index (Phi) is 6.46. The van der Waals surface area contributed by atoms with Gasteiger partial charge in [0.25, 0.3) is 11.8 Å². The molecule has 3 N–H and O–H groups in total. The number of nitrogens with one attached hydrogen (secondary N) is 1. The predicted molar refractivity (Wildman–Crippen MR) is 119 cm³/mol. The van der Waals surface area contributed by atoms with Crippen molar-refractivity contribution < 1.29 is 23.9 Å². The van der Waals surface area contributed by atoms with Gasteiger partial charge in [0.15, 0.2) is 6.61 Å². The smallest absolute Gasteiger partial charge is 0.344 e. The summed E-state index contributed by atoms with van der Waals surface area (Å²) < 4.78 is 10.8. The Labute approximate surface area is 188 Å². The van der Waals surface area contributed by atoms with Gasteiger partial charge in [0.2, 0.25) is 5.88 Å². The Morgan fingerprint density at radius 3 is 2.62 bits per heavy atom. The number of rotatable bonds is 7. The molecule has 32 heavy (non-hydrogen) atoms. The third-order valence-electron chi connectivity index (χ3n) is 4.95. The average molecular weight is 452 g/mol. The van der Waals surface area contributed by atoms with Gasteiger partial charge in [-0.1, -0.05) is 18.2 Å². The molecule has 0 radical (unpaired) electrons. The zero-order valence-electron chi connectivity index (χ0n) is 17.1. The standard InChI is InChI=1S/C23H21N3O5S/c24-20(28)19-15-9-4-5-11-17(15)32-22(19)26-18(27)13-30-23(29)16-10-6-12-25-21(16)31-14-7-2-1-3-8-14/h1-3,6-8,10,12H,4-5,9,11,13H2,(H2,24,28)(H,26,27). The topological polar surface area (TPSA) is 121 Å². The summed E-state index contributed by atoms with van der Waals surface area (Å²) in [6, 6.07) is 12.0. The van der Waals surface area contributed by atoms with Crippen molar-refractivity contribution in [1.82, 2.24) is 4.98 Å².